The van der Waals surface area contributed by atoms with E-state index >= 15 is 0 Å². The number of nitrogens with zero attached hydrogens (tertiary/aromatic N) is 2. The van der Waals surface area contributed by atoms with Gasteiger partial charge in [0.2, 0.25) is 0 Å². The third kappa shape index (κ3) is 2.43. The summed E-state index contributed by atoms with van der Waals surface area (Å²) >= 11 is 0. The fraction of sp³-hybridized carbons (Fsp3) is 0.0270. The molecule has 4 aliphatic heterocycles. The summed E-state index contributed by atoms with van der Waals surface area (Å²) in [5, 5.41) is 0. The second-order valence-electron chi connectivity index (χ2n) is 10.9. The fourth-order valence-corrected chi connectivity index (χ4v) is 7.56. The molecule has 4 heterocycles. The lowest BCUT2D eigenvalue weighted by Gasteiger charge is -2.53. The van der Waals surface area contributed by atoms with Crippen molar-refractivity contribution < 1.29 is 9.47 Å². The third-order valence-electron chi connectivity index (χ3n) is 8.99. The first kappa shape index (κ1) is 21.4. The van der Waals surface area contributed by atoms with Gasteiger partial charge in [-0.05, 0) is 70.8 Å². The molecule has 0 bridgehead atoms. The molecular formula is C37H22N2O2. The van der Waals surface area contributed by atoms with Crippen molar-refractivity contribution >= 4 is 34.1 Å². The highest BCUT2D eigenvalue weighted by Gasteiger charge is 2.55. The number of benzene rings is 6. The summed E-state index contributed by atoms with van der Waals surface area (Å²) < 4.78 is 13.2. The van der Waals surface area contributed by atoms with E-state index in [1.807, 2.05) is 18.2 Å². The molecule has 4 aliphatic rings. The topological polar surface area (TPSA) is 24.9 Å². The maximum Gasteiger partial charge on any atom is 0.155 e. The van der Waals surface area contributed by atoms with Crippen molar-refractivity contribution in [3.8, 4) is 23.0 Å². The molecule has 192 valence electrons. The number of anilines is 6. The quantitative estimate of drug-likeness (QED) is 0.212. The third-order valence-corrected chi connectivity index (χ3v) is 8.99. The van der Waals surface area contributed by atoms with Crippen LogP contribution in [-0.4, -0.2) is 0 Å². The van der Waals surface area contributed by atoms with Crippen LogP contribution in [0.15, 0.2) is 133 Å². The highest BCUT2D eigenvalue weighted by molar-refractivity contribution is 6.03. The smallest absolute Gasteiger partial charge is 0.155 e. The van der Waals surface area contributed by atoms with E-state index in [0.717, 1.165) is 57.1 Å². The molecule has 41 heavy (non-hydrogen) atoms. The number of hydrogen-bond donors (Lipinski definition) is 0. The summed E-state index contributed by atoms with van der Waals surface area (Å²) in [5.41, 5.74) is 10.8. The number of fused-ring (bicyclic) bond motifs is 6. The Balaban J connectivity index is 1.40. The van der Waals surface area contributed by atoms with Gasteiger partial charge in [0.05, 0.1) is 28.2 Å². The maximum absolute atomic E-state index is 6.62. The van der Waals surface area contributed by atoms with E-state index in [1.165, 1.54) is 22.3 Å². The zero-order chi connectivity index (χ0) is 26.7. The first-order valence-corrected chi connectivity index (χ1v) is 14.0. The van der Waals surface area contributed by atoms with Crippen molar-refractivity contribution in [3.05, 3.63) is 156 Å². The van der Waals surface area contributed by atoms with Crippen molar-refractivity contribution in [3.63, 3.8) is 0 Å². The standard InChI is InChI=1S/C37H22N2O2/c1-2-11-23(12-3-1)38-28-17-6-4-13-24(28)37(25-14-5-7-18-29(25)38)26-15-8-19-30-34(26)39-35-27(37)16-9-20-31(35)41-33-22-10-21-32(40-30)36(33)39/h1-22H. The Morgan fingerprint density at radius 1 is 0.366 bits per heavy atom. The molecule has 0 amide bonds. The van der Waals surface area contributed by atoms with Gasteiger partial charge in [-0.15, -0.1) is 0 Å². The van der Waals surface area contributed by atoms with Crippen LogP contribution in [-0.2, 0) is 5.41 Å². The van der Waals surface area contributed by atoms with E-state index in [-0.39, 0.29) is 0 Å². The highest BCUT2D eigenvalue weighted by Crippen LogP contribution is 2.70. The summed E-state index contributed by atoms with van der Waals surface area (Å²) in [4.78, 5) is 4.78. The molecule has 4 heteroatoms. The molecule has 0 N–H and O–H groups in total. The number of rotatable bonds is 1. The van der Waals surface area contributed by atoms with Gasteiger partial charge in [0, 0.05) is 5.69 Å². The lowest BCUT2D eigenvalue weighted by molar-refractivity contribution is 0.440. The number of ether oxygens (including phenoxy) is 2. The molecule has 6 aromatic rings. The van der Waals surface area contributed by atoms with Gasteiger partial charge < -0.3 is 14.4 Å². The molecule has 1 spiro atoms. The average Bonchev–Trinajstić information content (AvgIpc) is 3.03. The number of para-hydroxylation sites is 6. The minimum Gasteiger partial charge on any atom is -0.453 e. The maximum atomic E-state index is 6.62. The molecule has 0 fully saturated rings. The van der Waals surface area contributed by atoms with Gasteiger partial charge in [-0.3, -0.25) is 4.90 Å². The Morgan fingerprint density at radius 2 is 0.805 bits per heavy atom. The number of hydrogen-bond acceptors (Lipinski definition) is 4. The molecule has 10 rings (SSSR count). The SMILES string of the molecule is c1ccc(N2c3ccccc3C3(c4ccccc42)c2cccc4c2N2c5c(cccc5Oc5cccc3c52)O4)cc1. The molecule has 0 aromatic heterocycles. The molecule has 0 saturated carbocycles. The van der Waals surface area contributed by atoms with Gasteiger partial charge in [0.25, 0.3) is 0 Å². The van der Waals surface area contributed by atoms with Crippen LogP contribution in [0.25, 0.3) is 0 Å². The predicted molar refractivity (Wildman–Crippen MR) is 161 cm³/mol. The van der Waals surface area contributed by atoms with Crippen LogP contribution in [0.4, 0.5) is 34.1 Å². The van der Waals surface area contributed by atoms with Gasteiger partial charge in [-0.1, -0.05) is 84.9 Å². The van der Waals surface area contributed by atoms with Gasteiger partial charge in [0.1, 0.15) is 5.69 Å². The van der Waals surface area contributed by atoms with Gasteiger partial charge in [0.15, 0.2) is 23.0 Å². The van der Waals surface area contributed by atoms with Crippen LogP contribution >= 0.6 is 0 Å². The van der Waals surface area contributed by atoms with Gasteiger partial charge in [-0.25, -0.2) is 0 Å². The van der Waals surface area contributed by atoms with Crippen LogP contribution in [0, 0.1) is 0 Å². The first-order valence-electron chi connectivity index (χ1n) is 14.0. The van der Waals surface area contributed by atoms with E-state index in [1.54, 1.807) is 0 Å². The lowest BCUT2D eigenvalue weighted by atomic mass is 9.59. The summed E-state index contributed by atoms with van der Waals surface area (Å²) in [6.45, 7) is 0. The summed E-state index contributed by atoms with van der Waals surface area (Å²) in [5.74, 6) is 3.33. The monoisotopic (exact) mass is 526 g/mol. The van der Waals surface area contributed by atoms with E-state index in [2.05, 4.69) is 125 Å². The van der Waals surface area contributed by atoms with Gasteiger partial charge in [-0.2, -0.15) is 0 Å². The zero-order valence-corrected chi connectivity index (χ0v) is 21.9. The molecular weight excluding hydrogens is 504 g/mol. The van der Waals surface area contributed by atoms with E-state index in [0.29, 0.717) is 0 Å². The Bertz CT molecular complexity index is 1960. The summed E-state index contributed by atoms with van der Waals surface area (Å²) in [7, 11) is 0. The Morgan fingerprint density at radius 3 is 1.37 bits per heavy atom. The van der Waals surface area contributed by atoms with Crippen LogP contribution in [0.5, 0.6) is 23.0 Å². The highest BCUT2D eigenvalue weighted by atomic mass is 16.5. The van der Waals surface area contributed by atoms with Crippen LogP contribution < -0.4 is 19.3 Å². The van der Waals surface area contributed by atoms with Crippen molar-refractivity contribution in [1.29, 1.82) is 0 Å². The van der Waals surface area contributed by atoms with E-state index < -0.39 is 5.41 Å². The fourth-order valence-electron chi connectivity index (χ4n) is 7.56. The minimum absolute atomic E-state index is 0.595. The zero-order valence-electron chi connectivity index (χ0n) is 21.9. The molecule has 4 nitrogen and oxygen atoms in total. The largest absolute Gasteiger partial charge is 0.453 e. The van der Waals surface area contributed by atoms with Crippen molar-refractivity contribution in [2.24, 2.45) is 0 Å². The second-order valence-corrected chi connectivity index (χ2v) is 10.9. The lowest BCUT2D eigenvalue weighted by Crippen LogP contribution is -2.43. The Hall–Kier alpha value is -5.48. The van der Waals surface area contributed by atoms with Crippen LogP contribution in [0.2, 0.25) is 0 Å². The first-order chi connectivity index (χ1) is 20.4. The van der Waals surface area contributed by atoms with Crippen LogP contribution in [0.3, 0.4) is 0 Å². The molecule has 0 atom stereocenters. The molecule has 0 unspecified atom stereocenters. The predicted octanol–water partition coefficient (Wildman–Crippen LogP) is 9.85. The Labute approximate surface area is 237 Å². The minimum atomic E-state index is -0.595. The Kier molecular flexibility index (Phi) is 3.84. The molecule has 0 aliphatic carbocycles. The summed E-state index contributed by atoms with van der Waals surface area (Å²) in [6.07, 6.45) is 0. The van der Waals surface area contributed by atoms with E-state index in [4.69, 9.17) is 9.47 Å². The molecule has 0 saturated heterocycles. The van der Waals surface area contributed by atoms with Crippen molar-refractivity contribution in [1.82, 2.24) is 0 Å². The van der Waals surface area contributed by atoms with Crippen molar-refractivity contribution in [2.75, 3.05) is 9.80 Å². The average molecular weight is 527 g/mol. The van der Waals surface area contributed by atoms with E-state index in [9.17, 15) is 0 Å². The van der Waals surface area contributed by atoms with Gasteiger partial charge >= 0.3 is 0 Å². The normalized spacial score (nSPS) is 15.3. The molecule has 6 aromatic carbocycles. The second kappa shape index (κ2) is 7.38. The van der Waals surface area contributed by atoms with Crippen LogP contribution in [0.1, 0.15) is 22.3 Å². The summed E-state index contributed by atoms with van der Waals surface area (Å²) in [6, 6.07) is 47.4. The molecule has 0 radical (unpaired) electrons. The van der Waals surface area contributed by atoms with Crippen molar-refractivity contribution in [2.45, 2.75) is 5.41 Å².